The van der Waals surface area contributed by atoms with Gasteiger partial charge in [0.1, 0.15) is 17.2 Å². The monoisotopic (exact) mass is 250 g/mol. The Kier molecular flexibility index (Phi) is 4.86. The quantitative estimate of drug-likeness (QED) is 0.385. The minimum absolute atomic E-state index is 0.247. The zero-order chi connectivity index (χ0) is 13.5. The van der Waals surface area contributed by atoms with E-state index in [-0.39, 0.29) is 11.5 Å². The van der Waals surface area contributed by atoms with Gasteiger partial charge in [-0.15, -0.1) is 10.2 Å². The molecule has 0 atom stereocenters. The fourth-order valence-corrected chi connectivity index (χ4v) is 1.17. The molecule has 0 aliphatic heterocycles. The van der Waals surface area contributed by atoms with Crippen molar-refractivity contribution >= 4 is 11.7 Å². The van der Waals surface area contributed by atoms with Crippen LogP contribution < -0.4 is 4.74 Å². The molecule has 0 aliphatic carbocycles. The number of carbonyl (C=O) groups is 1. The maximum absolute atomic E-state index is 11.3. The number of nitrogens with zero attached hydrogens (tertiary/aromatic N) is 2. The second kappa shape index (κ2) is 6.39. The molecule has 0 heterocycles. The Morgan fingerprint density at radius 1 is 1.28 bits per heavy atom. The molecule has 0 saturated carbocycles. The van der Waals surface area contributed by atoms with Crippen LogP contribution in [0.25, 0.3) is 0 Å². The van der Waals surface area contributed by atoms with Crippen molar-refractivity contribution in [3.63, 3.8) is 0 Å². The van der Waals surface area contributed by atoms with Crippen LogP contribution in [0.15, 0.2) is 46.0 Å². The molecule has 0 unspecified atom stereocenters. The van der Waals surface area contributed by atoms with Gasteiger partial charge in [0, 0.05) is 0 Å². The van der Waals surface area contributed by atoms with Gasteiger partial charge in [0.05, 0.1) is 14.2 Å². The first kappa shape index (κ1) is 13.7. The molecule has 1 aromatic carbocycles. The number of allylic oxidation sites excluding steroid dienone is 1. The summed E-state index contributed by atoms with van der Waals surface area (Å²) >= 11 is 0. The van der Waals surface area contributed by atoms with E-state index in [1.165, 1.54) is 21.1 Å². The van der Waals surface area contributed by atoms with Crippen LogP contribution in [0.1, 0.15) is 6.92 Å². The second-order valence-electron chi connectivity index (χ2n) is 3.30. The molecule has 0 fully saturated rings. The molecule has 0 saturated heterocycles. The largest absolute Gasteiger partial charge is 0.510 e. The molecule has 0 aliphatic rings. The molecule has 1 N–H and O–H groups in total. The van der Waals surface area contributed by atoms with Gasteiger partial charge in [-0.25, -0.2) is 4.79 Å². The van der Waals surface area contributed by atoms with Crippen LogP contribution in [0, 0.1) is 0 Å². The lowest BCUT2D eigenvalue weighted by molar-refractivity contribution is -0.136. The molecule has 1 rings (SSSR count). The van der Waals surface area contributed by atoms with Gasteiger partial charge in [-0.1, -0.05) is 12.1 Å². The summed E-state index contributed by atoms with van der Waals surface area (Å²) in [5, 5.41) is 16.8. The molecule has 1 aromatic rings. The molecular formula is C12H14N2O4. The number of carbonyl (C=O) groups excluding carboxylic acids is 1. The highest BCUT2D eigenvalue weighted by Crippen LogP contribution is 2.27. The number of esters is 1. The van der Waals surface area contributed by atoms with Crippen molar-refractivity contribution in [1.82, 2.24) is 0 Å². The smallest absolute Gasteiger partial charge is 0.362 e. The third kappa shape index (κ3) is 3.31. The Hall–Kier alpha value is -2.37. The van der Waals surface area contributed by atoms with E-state index in [2.05, 4.69) is 15.0 Å². The predicted molar refractivity (Wildman–Crippen MR) is 64.9 cm³/mol. The number of hydrogen-bond donors (Lipinski definition) is 1. The van der Waals surface area contributed by atoms with Gasteiger partial charge in [-0.05, 0) is 19.1 Å². The van der Waals surface area contributed by atoms with E-state index in [0.29, 0.717) is 11.4 Å². The number of rotatable bonds is 4. The number of aliphatic hydroxyl groups is 1. The van der Waals surface area contributed by atoms with E-state index >= 15 is 0 Å². The van der Waals surface area contributed by atoms with Gasteiger partial charge in [-0.2, -0.15) is 0 Å². The Bertz CT molecular complexity index is 491. The highest BCUT2D eigenvalue weighted by atomic mass is 16.5. The zero-order valence-electron chi connectivity index (χ0n) is 10.4. The first-order valence-electron chi connectivity index (χ1n) is 5.13. The Morgan fingerprint density at radius 2 is 1.94 bits per heavy atom. The number of aliphatic hydroxyl groups excluding tert-OH is 1. The van der Waals surface area contributed by atoms with Crippen LogP contribution in [0.2, 0.25) is 0 Å². The molecule has 0 amide bonds. The summed E-state index contributed by atoms with van der Waals surface area (Å²) in [6, 6.07) is 6.92. The van der Waals surface area contributed by atoms with E-state index in [4.69, 9.17) is 4.74 Å². The zero-order valence-corrected chi connectivity index (χ0v) is 10.4. The summed E-state index contributed by atoms with van der Waals surface area (Å²) in [5.74, 6) is -0.504. The third-order valence-corrected chi connectivity index (χ3v) is 2.06. The van der Waals surface area contributed by atoms with E-state index < -0.39 is 5.97 Å². The molecule has 96 valence electrons. The maximum Gasteiger partial charge on any atom is 0.362 e. The van der Waals surface area contributed by atoms with Crippen molar-refractivity contribution in [3.05, 3.63) is 35.7 Å². The van der Waals surface area contributed by atoms with Crippen molar-refractivity contribution in [1.29, 1.82) is 0 Å². The fraction of sp³-hybridized carbons (Fsp3) is 0.250. The normalized spacial score (nSPS) is 12.2. The summed E-state index contributed by atoms with van der Waals surface area (Å²) in [7, 11) is 2.70. The van der Waals surface area contributed by atoms with Crippen LogP contribution >= 0.6 is 0 Å². The molecule has 0 aromatic heterocycles. The Balaban J connectivity index is 3.05. The number of hydrogen-bond acceptors (Lipinski definition) is 6. The SMILES string of the molecule is COC(=O)/C(N=Nc1ccccc1OC)=C(/C)O. The topological polar surface area (TPSA) is 80.5 Å². The minimum Gasteiger partial charge on any atom is -0.510 e. The summed E-state index contributed by atoms with van der Waals surface area (Å²) < 4.78 is 9.55. The van der Waals surface area contributed by atoms with E-state index in [1.54, 1.807) is 24.3 Å². The maximum atomic E-state index is 11.3. The van der Waals surface area contributed by atoms with Crippen molar-refractivity contribution in [3.8, 4) is 5.75 Å². The van der Waals surface area contributed by atoms with Crippen molar-refractivity contribution < 1.29 is 19.4 Å². The minimum atomic E-state index is -0.756. The fourth-order valence-electron chi connectivity index (χ4n) is 1.17. The van der Waals surface area contributed by atoms with Crippen molar-refractivity contribution in [2.45, 2.75) is 6.92 Å². The van der Waals surface area contributed by atoms with Crippen LogP contribution in [0.3, 0.4) is 0 Å². The third-order valence-electron chi connectivity index (χ3n) is 2.06. The van der Waals surface area contributed by atoms with Crippen LogP contribution in [-0.2, 0) is 9.53 Å². The summed E-state index contributed by atoms with van der Waals surface area (Å²) in [6.45, 7) is 1.33. The number of para-hydroxylation sites is 1. The first-order chi connectivity index (χ1) is 8.60. The summed E-state index contributed by atoms with van der Waals surface area (Å²) in [6.07, 6.45) is 0. The lowest BCUT2D eigenvalue weighted by atomic mass is 10.3. The van der Waals surface area contributed by atoms with E-state index in [9.17, 15) is 9.90 Å². The average molecular weight is 250 g/mol. The number of methoxy groups -OCH3 is 2. The first-order valence-corrected chi connectivity index (χ1v) is 5.13. The standard InChI is InChI=1S/C12H14N2O4/c1-8(15)11(12(16)18-3)14-13-9-6-4-5-7-10(9)17-2/h4-7,15H,1-3H3/b11-8+,14-13?. The highest BCUT2D eigenvalue weighted by molar-refractivity contribution is 5.88. The molecule has 6 heteroatoms. The Morgan fingerprint density at radius 3 is 2.50 bits per heavy atom. The number of azo groups is 1. The highest BCUT2D eigenvalue weighted by Gasteiger charge is 2.13. The predicted octanol–water partition coefficient (Wildman–Crippen LogP) is 2.74. The van der Waals surface area contributed by atoms with Crippen LogP contribution in [-0.4, -0.2) is 25.3 Å². The van der Waals surface area contributed by atoms with E-state index in [1.807, 2.05) is 0 Å². The molecule has 0 bridgehead atoms. The second-order valence-corrected chi connectivity index (χ2v) is 3.30. The van der Waals surface area contributed by atoms with Crippen LogP contribution in [0.4, 0.5) is 5.69 Å². The number of benzene rings is 1. The van der Waals surface area contributed by atoms with Crippen molar-refractivity contribution in [2.24, 2.45) is 10.2 Å². The lowest BCUT2D eigenvalue weighted by Gasteiger charge is -2.03. The van der Waals surface area contributed by atoms with Gasteiger partial charge < -0.3 is 14.6 Å². The van der Waals surface area contributed by atoms with E-state index in [0.717, 1.165) is 0 Å². The summed E-state index contributed by atoms with van der Waals surface area (Å²) in [4.78, 5) is 11.3. The summed E-state index contributed by atoms with van der Waals surface area (Å²) in [5.41, 5.74) is 0.200. The number of ether oxygens (including phenoxy) is 2. The molecule has 0 radical (unpaired) electrons. The average Bonchev–Trinajstić information content (AvgIpc) is 2.38. The van der Waals surface area contributed by atoms with Gasteiger partial charge in [-0.3, -0.25) is 0 Å². The van der Waals surface area contributed by atoms with Gasteiger partial charge in [0.25, 0.3) is 0 Å². The molecule has 6 nitrogen and oxygen atoms in total. The molecule has 0 spiro atoms. The van der Waals surface area contributed by atoms with Crippen LogP contribution in [0.5, 0.6) is 5.75 Å². The Labute approximate surface area is 105 Å². The molecular weight excluding hydrogens is 236 g/mol. The lowest BCUT2D eigenvalue weighted by Crippen LogP contribution is -2.04. The van der Waals surface area contributed by atoms with Gasteiger partial charge in [0.2, 0.25) is 5.70 Å². The van der Waals surface area contributed by atoms with Gasteiger partial charge in [0.15, 0.2) is 0 Å². The van der Waals surface area contributed by atoms with Crippen molar-refractivity contribution in [2.75, 3.05) is 14.2 Å². The van der Waals surface area contributed by atoms with Gasteiger partial charge >= 0.3 is 5.97 Å². The molecule has 18 heavy (non-hydrogen) atoms.